The smallest absolute Gasteiger partial charge is 0.274 e. The van der Waals surface area contributed by atoms with E-state index in [9.17, 15) is 4.79 Å². The van der Waals surface area contributed by atoms with Gasteiger partial charge in [0.05, 0.1) is 24.3 Å². The molecule has 0 aliphatic carbocycles. The first-order valence-electron chi connectivity index (χ1n) is 7.72. The number of hydrogen-bond acceptors (Lipinski definition) is 3. The second kappa shape index (κ2) is 6.06. The number of aromatic amines is 1. The van der Waals surface area contributed by atoms with Gasteiger partial charge in [0.2, 0.25) is 0 Å². The van der Waals surface area contributed by atoms with Gasteiger partial charge in [0.1, 0.15) is 11.4 Å². The SMILES string of the molecule is [C-]#[N+]c1cccc(NC(=O)c2[nH]cnc2C2=Nc3ccccc3C2)c1. The fourth-order valence-electron chi connectivity index (χ4n) is 2.80. The average molecular weight is 327 g/mol. The lowest BCUT2D eigenvalue weighted by atomic mass is 10.1. The van der Waals surface area contributed by atoms with E-state index >= 15 is 0 Å². The molecule has 1 aliphatic rings. The number of para-hydroxylation sites is 1. The van der Waals surface area contributed by atoms with Gasteiger partial charge in [-0.05, 0) is 23.8 Å². The molecule has 2 heterocycles. The normalized spacial score (nSPS) is 12.2. The van der Waals surface area contributed by atoms with E-state index in [1.54, 1.807) is 24.3 Å². The van der Waals surface area contributed by atoms with Gasteiger partial charge in [-0.15, -0.1) is 0 Å². The lowest BCUT2D eigenvalue weighted by molar-refractivity contribution is 0.102. The Labute approximate surface area is 144 Å². The van der Waals surface area contributed by atoms with Crippen LogP contribution >= 0.6 is 0 Å². The van der Waals surface area contributed by atoms with Crippen LogP contribution in [0.3, 0.4) is 0 Å². The van der Waals surface area contributed by atoms with Gasteiger partial charge in [0, 0.05) is 12.1 Å². The molecular weight excluding hydrogens is 314 g/mol. The Morgan fingerprint density at radius 1 is 1.20 bits per heavy atom. The Balaban J connectivity index is 1.60. The van der Waals surface area contributed by atoms with Gasteiger partial charge in [0.25, 0.3) is 5.91 Å². The summed E-state index contributed by atoms with van der Waals surface area (Å²) < 4.78 is 0. The molecule has 0 atom stereocenters. The van der Waals surface area contributed by atoms with E-state index in [1.807, 2.05) is 24.3 Å². The highest BCUT2D eigenvalue weighted by molar-refractivity contribution is 6.14. The molecule has 1 aromatic heterocycles. The largest absolute Gasteiger partial charge is 0.340 e. The number of benzene rings is 2. The number of carbonyl (C=O) groups is 1. The number of aliphatic imine (C=N–C) groups is 1. The van der Waals surface area contributed by atoms with Gasteiger partial charge >= 0.3 is 0 Å². The molecule has 0 saturated carbocycles. The van der Waals surface area contributed by atoms with Crippen LogP contribution in [0.4, 0.5) is 17.1 Å². The second-order valence-corrected chi connectivity index (χ2v) is 5.61. The molecule has 0 bridgehead atoms. The molecule has 6 heteroatoms. The van der Waals surface area contributed by atoms with Crippen LogP contribution in [0.15, 0.2) is 59.9 Å². The number of amides is 1. The monoisotopic (exact) mass is 327 g/mol. The third-order valence-electron chi connectivity index (χ3n) is 3.98. The van der Waals surface area contributed by atoms with Crippen LogP contribution in [-0.4, -0.2) is 21.6 Å². The maximum atomic E-state index is 12.6. The number of aromatic nitrogens is 2. The second-order valence-electron chi connectivity index (χ2n) is 5.61. The zero-order valence-electron chi connectivity index (χ0n) is 13.2. The first kappa shape index (κ1) is 14.8. The Bertz CT molecular complexity index is 1040. The molecule has 2 aromatic carbocycles. The summed E-state index contributed by atoms with van der Waals surface area (Å²) >= 11 is 0. The minimum atomic E-state index is -0.312. The van der Waals surface area contributed by atoms with Gasteiger partial charge in [0.15, 0.2) is 5.69 Å². The summed E-state index contributed by atoms with van der Waals surface area (Å²) in [5, 5.41) is 2.80. The molecule has 0 unspecified atom stereocenters. The number of nitrogens with zero attached hydrogens (tertiary/aromatic N) is 3. The summed E-state index contributed by atoms with van der Waals surface area (Å²) in [5.41, 5.74) is 4.75. The summed E-state index contributed by atoms with van der Waals surface area (Å²) in [6.07, 6.45) is 2.14. The lowest BCUT2D eigenvalue weighted by Gasteiger charge is -2.06. The van der Waals surface area contributed by atoms with E-state index in [-0.39, 0.29) is 5.91 Å². The molecule has 2 N–H and O–H groups in total. The standard InChI is InChI=1S/C19H13N5O/c1-20-13-6-4-7-14(10-13)23-19(25)18-17(21-11-22-18)16-9-12-5-2-3-8-15(12)24-16/h2-8,10-11H,9H2,(H,21,22)(H,23,25). The summed E-state index contributed by atoms with van der Waals surface area (Å²) in [4.78, 5) is 27.7. The van der Waals surface area contributed by atoms with E-state index in [1.165, 1.54) is 6.33 Å². The van der Waals surface area contributed by atoms with Crippen LogP contribution in [0.1, 0.15) is 21.7 Å². The van der Waals surface area contributed by atoms with Crippen molar-refractivity contribution in [1.82, 2.24) is 9.97 Å². The van der Waals surface area contributed by atoms with Gasteiger partial charge in [-0.3, -0.25) is 9.79 Å². The number of nitrogens with one attached hydrogen (secondary N) is 2. The Kier molecular flexibility index (Phi) is 3.60. The number of carbonyl (C=O) groups excluding carboxylic acids is 1. The topological polar surface area (TPSA) is 74.5 Å². The number of hydrogen-bond donors (Lipinski definition) is 2. The summed E-state index contributed by atoms with van der Waals surface area (Å²) in [6, 6.07) is 14.7. The molecule has 0 radical (unpaired) electrons. The van der Waals surface area contributed by atoms with E-state index in [0.29, 0.717) is 29.2 Å². The molecular formula is C19H13N5O. The van der Waals surface area contributed by atoms with Gasteiger partial charge in [-0.1, -0.05) is 30.3 Å². The van der Waals surface area contributed by atoms with Gasteiger partial charge in [-0.25, -0.2) is 9.83 Å². The maximum absolute atomic E-state index is 12.6. The fraction of sp³-hybridized carbons (Fsp3) is 0.0526. The van der Waals surface area contributed by atoms with Crippen molar-refractivity contribution in [2.45, 2.75) is 6.42 Å². The molecule has 4 rings (SSSR count). The molecule has 0 saturated heterocycles. The van der Waals surface area contributed by atoms with E-state index in [4.69, 9.17) is 6.57 Å². The molecule has 1 aliphatic heterocycles. The van der Waals surface area contributed by atoms with Crippen LogP contribution in [0.2, 0.25) is 0 Å². The first-order chi connectivity index (χ1) is 12.2. The van der Waals surface area contributed by atoms with Crippen LogP contribution < -0.4 is 5.32 Å². The molecule has 120 valence electrons. The average Bonchev–Trinajstić information content (AvgIpc) is 3.28. The number of anilines is 1. The zero-order chi connectivity index (χ0) is 17.2. The predicted molar refractivity (Wildman–Crippen MR) is 95.6 cm³/mol. The van der Waals surface area contributed by atoms with Crippen molar-refractivity contribution >= 4 is 28.7 Å². The van der Waals surface area contributed by atoms with Crippen LogP contribution in [0.5, 0.6) is 0 Å². The minimum absolute atomic E-state index is 0.312. The van der Waals surface area contributed by atoms with E-state index in [0.717, 1.165) is 17.0 Å². The highest BCUT2D eigenvalue weighted by Gasteiger charge is 2.23. The Hall–Kier alpha value is -3.72. The quantitative estimate of drug-likeness (QED) is 0.716. The van der Waals surface area contributed by atoms with E-state index < -0.39 is 0 Å². The fourth-order valence-corrected chi connectivity index (χ4v) is 2.80. The summed E-state index contributed by atoms with van der Waals surface area (Å²) in [5.74, 6) is -0.312. The summed E-state index contributed by atoms with van der Waals surface area (Å²) in [6.45, 7) is 7.05. The van der Waals surface area contributed by atoms with Crippen LogP contribution in [0, 0.1) is 6.57 Å². The van der Waals surface area contributed by atoms with Crippen molar-refractivity contribution in [3.8, 4) is 0 Å². The van der Waals surface area contributed by atoms with Crippen LogP contribution in [0.25, 0.3) is 4.85 Å². The van der Waals surface area contributed by atoms with Crippen molar-refractivity contribution < 1.29 is 4.79 Å². The van der Waals surface area contributed by atoms with E-state index in [2.05, 4.69) is 25.1 Å². The van der Waals surface area contributed by atoms with Crippen molar-refractivity contribution in [3.05, 3.63) is 83.2 Å². The zero-order valence-corrected chi connectivity index (χ0v) is 13.2. The maximum Gasteiger partial charge on any atom is 0.274 e. The number of fused-ring (bicyclic) bond motifs is 1. The van der Waals surface area contributed by atoms with Gasteiger partial charge in [-0.2, -0.15) is 0 Å². The van der Waals surface area contributed by atoms with Crippen LogP contribution in [-0.2, 0) is 6.42 Å². The third-order valence-corrected chi connectivity index (χ3v) is 3.98. The highest BCUT2D eigenvalue weighted by Crippen LogP contribution is 2.28. The number of imidazole rings is 1. The van der Waals surface area contributed by atoms with Crippen molar-refractivity contribution in [1.29, 1.82) is 0 Å². The highest BCUT2D eigenvalue weighted by atomic mass is 16.1. The molecule has 1 amide bonds. The van der Waals surface area contributed by atoms with Gasteiger partial charge < -0.3 is 10.3 Å². The van der Waals surface area contributed by atoms with Crippen molar-refractivity contribution in [3.63, 3.8) is 0 Å². The Morgan fingerprint density at radius 2 is 2.08 bits per heavy atom. The predicted octanol–water partition coefficient (Wildman–Crippen LogP) is 3.89. The molecule has 0 spiro atoms. The third kappa shape index (κ3) is 2.79. The Morgan fingerprint density at radius 3 is 2.92 bits per heavy atom. The minimum Gasteiger partial charge on any atom is -0.340 e. The molecule has 25 heavy (non-hydrogen) atoms. The number of rotatable bonds is 3. The molecule has 6 nitrogen and oxygen atoms in total. The first-order valence-corrected chi connectivity index (χ1v) is 7.72. The van der Waals surface area contributed by atoms with Crippen molar-refractivity contribution in [2.24, 2.45) is 4.99 Å². The molecule has 3 aromatic rings. The molecule has 0 fully saturated rings. The summed E-state index contributed by atoms with van der Waals surface area (Å²) in [7, 11) is 0. The number of H-pyrrole nitrogens is 1. The van der Waals surface area contributed by atoms with Crippen molar-refractivity contribution in [2.75, 3.05) is 5.32 Å². The lowest BCUT2D eigenvalue weighted by Crippen LogP contribution is -2.17.